The van der Waals surface area contributed by atoms with Gasteiger partial charge in [0.25, 0.3) is 0 Å². The van der Waals surface area contributed by atoms with Crippen molar-refractivity contribution < 1.29 is 38.5 Å². The van der Waals surface area contributed by atoms with Crippen LogP contribution in [0.2, 0.25) is 0 Å². The number of phenols is 1. The van der Waals surface area contributed by atoms with E-state index in [2.05, 4.69) is 0 Å². The molecular formula is C40H35NO8. The molecule has 1 saturated heterocycles. The molecule has 0 radical (unpaired) electrons. The van der Waals surface area contributed by atoms with Crippen molar-refractivity contribution in [3.8, 4) is 23.0 Å². The number of Topliss-reactive ketones (excluding diaryl/α,β-unsaturated/α-hetero) is 1. The van der Waals surface area contributed by atoms with Gasteiger partial charge in [0.2, 0.25) is 11.8 Å². The summed E-state index contributed by atoms with van der Waals surface area (Å²) in [6.07, 6.45) is 7.68. The maximum absolute atomic E-state index is 14.3. The number of aromatic hydroxyl groups is 1. The van der Waals surface area contributed by atoms with Gasteiger partial charge in [0, 0.05) is 28.2 Å². The zero-order valence-electron chi connectivity index (χ0n) is 27.6. The number of fused-ring (bicyclic) bond motifs is 3. The number of carbonyl (C=O) groups excluding carboxylic acids is 4. The average Bonchev–Trinajstić information content (AvgIpc) is 3.38. The van der Waals surface area contributed by atoms with E-state index >= 15 is 0 Å². The quantitative estimate of drug-likeness (QED) is 0.138. The molecule has 9 heteroatoms. The molecule has 2 amide bonds. The Morgan fingerprint density at radius 1 is 0.816 bits per heavy atom. The van der Waals surface area contributed by atoms with E-state index in [-0.39, 0.29) is 41.3 Å². The van der Waals surface area contributed by atoms with Crippen LogP contribution >= 0.6 is 0 Å². The maximum Gasteiger partial charge on any atom is 0.238 e. The molecule has 9 nitrogen and oxygen atoms in total. The van der Waals surface area contributed by atoms with E-state index in [1.54, 1.807) is 45.4 Å². The summed E-state index contributed by atoms with van der Waals surface area (Å²) in [6.45, 7) is 1.62. The molecule has 0 saturated carbocycles. The van der Waals surface area contributed by atoms with Crippen LogP contribution in [-0.4, -0.2) is 49.8 Å². The van der Waals surface area contributed by atoms with Gasteiger partial charge in [-0.3, -0.25) is 24.1 Å². The first-order valence-corrected chi connectivity index (χ1v) is 16.1. The molecule has 3 aromatic carbocycles. The average molecular weight is 658 g/mol. The van der Waals surface area contributed by atoms with Crippen LogP contribution in [0, 0.1) is 17.8 Å². The minimum Gasteiger partial charge on any atom is -0.504 e. The maximum atomic E-state index is 14.3. The predicted octanol–water partition coefficient (Wildman–Crippen LogP) is 6.22. The van der Waals surface area contributed by atoms with Crippen molar-refractivity contribution in [2.24, 2.45) is 17.8 Å². The Hall–Kier alpha value is -5.70. The highest BCUT2D eigenvalue weighted by atomic mass is 16.5. The highest BCUT2D eigenvalue weighted by Gasteiger charge is 2.56. The first-order chi connectivity index (χ1) is 23.6. The number of hydrogen-bond donors (Lipinski definition) is 1. The lowest BCUT2D eigenvalue weighted by molar-refractivity contribution is -0.123. The van der Waals surface area contributed by atoms with Gasteiger partial charge in [-0.15, -0.1) is 0 Å². The van der Waals surface area contributed by atoms with Crippen molar-refractivity contribution in [3.63, 3.8) is 0 Å². The van der Waals surface area contributed by atoms with Gasteiger partial charge in [0.1, 0.15) is 11.5 Å². The van der Waals surface area contributed by atoms with E-state index in [0.717, 1.165) is 16.7 Å². The van der Waals surface area contributed by atoms with Crippen molar-refractivity contribution in [3.05, 3.63) is 112 Å². The molecule has 4 unspecified atom stereocenters. The molecule has 1 aliphatic heterocycles. The molecule has 0 aromatic heterocycles. The third-order valence-corrected chi connectivity index (χ3v) is 10.1. The number of hydrogen-bond acceptors (Lipinski definition) is 8. The van der Waals surface area contributed by atoms with Crippen molar-refractivity contribution in [1.29, 1.82) is 0 Å². The molecular weight excluding hydrogens is 622 g/mol. The molecule has 1 heterocycles. The van der Waals surface area contributed by atoms with Gasteiger partial charge in [-0.05, 0) is 85.4 Å². The third-order valence-electron chi connectivity index (χ3n) is 10.1. The number of carbonyl (C=O) groups is 4. The van der Waals surface area contributed by atoms with E-state index in [0.29, 0.717) is 45.9 Å². The molecule has 4 atom stereocenters. The summed E-state index contributed by atoms with van der Waals surface area (Å²) >= 11 is 0. The van der Waals surface area contributed by atoms with Crippen LogP contribution in [0.4, 0.5) is 5.69 Å². The Morgan fingerprint density at radius 2 is 1.57 bits per heavy atom. The van der Waals surface area contributed by atoms with E-state index in [1.807, 2.05) is 48.6 Å². The predicted molar refractivity (Wildman–Crippen MR) is 183 cm³/mol. The minimum atomic E-state index is -0.697. The number of phenolic OH excluding ortho intramolecular Hbond substituents is 1. The summed E-state index contributed by atoms with van der Waals surface area (Å²) in [5.74, 6) is -1.88. The fourth-order valence-corrected chi connectivity index (χ4v) is 7.78. The number of allylic oxidation sites excluding steroid dienone is 6. The van der Waals surface area contributed by atoms with E-state index in [4.69, 9.17) is 14.2 Å². The van der Waals surface area contributed by atoms with Crippen LogP contribution in [0.1, 0.15) is 42.4 Å². The number of rotatable bonds is 7. The van der Waals surface area contributed by atoms with Gasteiger partial charge in [-0.25, -0.2) is 0 Å². The fraction of sp³-hybridized carbons (Fsp3) is 0.250. The number of benzene rings is 3. The summed E-state index contributed by atoms with van der Waals surface area (Å²) in [5.41, 5.74) is 4.77. The summed E-state index contributed by atoms with van der Waals surface area (Å²) in [5, 5.41) is 10.3. The highest BCUT2D eigenvalue weighted by Crippen LogP contribution is 2.56. The number of ether oxygens (including phenoxy) is 3. The SMILES string of the molecule is COc1ccc(OC)c(C=Cc2ccc(N3C(=O)C4CC=C5C(c6ccc(O)c(OC)c6)C6=C(CC5C4C3=O)C(=O)C(C)=CC6=O)cc2)c1. The molecule has 4 aliphatic rings. The van der Waals surface area contributed by atoms with Crippen LogP contribution in [0.25, 0.3) is 12.2 Å². The zero-order valence-corrected chi connectivity index (χ0v) is 27.6. The van der Waals surface area contributed by atoms with Crippen molar-refractivity contribution in [1.82, 2.24) is 0 Å². The molecule has 3 aromatic rings. The van der Waals surface area contributed by atoms with Gasteiger partial charge < -0.3 is 19.3 Å². The number of imide groups is 1. The van der Waals surface area contributed by atoms with Crippen LogP contribution in [0.3, 0.4) is 0 Å². The molecule has 3 aliphatic carbocycles. The van der Waals surface area contributed by atoms with Gasteiger partial charge in [0.05, 0.1) is 38.9 Å². The highest BCUT2D eigenvalue weighted by molar-refractivity contribution is 6.25. The molecule has 0 bridgehead atoms. The third kappa shape index (κ3) is 5.26. The normalized spacial score (nSPS) is 23.2. The van der Waals surface area contributed by atoms with Crippen LogP contribution in [0.15, 0.2) is 95.1 Å². The summed E-state index contributed by atoms with van der Waals surface area (Å²) in [6, 6.07) is 17.6. The smallest absolute Gasteiger partial charge is 0.238 e. The standard InChI is InChI=1S/C40H35NO8/c1-21-17-32(43)37-30(38(21)44)20-29-27(35(37)24-9-15-31(42)34(19-24)49-4)13-14-28-36(29)40(46)41(39(28)45)25-10-6-22(7-11-25)5-8-23-18-26(47-2)12-16-33(23)48-3/h5-13,15-19,28-29,35-36,42H,14,20H2,1-4H3. The van der Waals surface area contributed by atoms with Gasteiger partial charge >= 0.3 is 0 Å². The van der Waals surface area contributed by atoms with Crippen molar-refractivity contribution >= 4 is 41.2 Å². The number of amides is 2. The van der Waals surface area contributed by atoms with E-state index in [9.17, 15) is 24.3 Å². The van der Waals surface area contributed by atoms with Crippen molar-refractivity contribution in [2.75, 3.05) is 26.2 Å². The van der Waals surface area contributed by atoms with Crippen LogP contribution < -0.4 is 19.1 Å². The second kappa shape index (κ2) is 12.4. The lowest BCUT2D eigenvalue weighted by Gasteiger charge is -2.42. The molecule has 248 valence electrons. The summed E-state index contributed by atoms with van der Waals surface area (Å²) < 4.78 is 16.2. The summed E-state index contributed by atoms with van der Waals surface area (Å²) in [7, 11) is 4.65. The van der Waals surface area contributed by atoms with Crippen molar-refractivity contribution in [2.45, 2.75) is 25.7 Å². The summed E-state index contributed by atoms with van der Waals surface area (Å²) in [4.78, 5) is 56.6. The first-order valence-electron chi connectivity index (χ1n) is 16.1. The number of anilines is 1. The van der Waals surface area contributed by atoms with Gasteiger partial charge in [0.15, 0.2) is 23.1 Å². The Bertz CT molecular complexity index is 2050. The molecule has 49 heavy (non-hydrogen) atoms. The van der Waals surface area contributed by atoms with Gasteiger partial charge in [-0.2, -0.15) is 0 Å². The topological polar surface area (TPSA) is 119 Å². The first kappa shape index (κ1) is 31.9. The number of methoxy groups -OCH3 is 3. The Morgan fingerprint density at radius 3 is 2.29 bits per heavy atom. The lowest BCUT2D eigenvalue weighted by Crippen LogP contribution is -2.39. The minimum absolute atomic E-state index is 0.0546. The Kier molecular flexibility index (Phi) is 8.06. The number of nitrogens with zero attached hydrogens (tertiary/aromatic N) is 1. The second-order valence-electron chi connectivity index (χ2n) is 12.7. The zero-order chi connectivity index (χ0) is 34.6. The van der Waals surface area contributed by atoms with E-state index in [1.165, 1.54) is 24.2 Å². The molecule has 1 fully saturated rings. The Balaban J connectivity index is 1.21. The Labute approximate surface area is 283 Å². The monoisotopic (exact) mass is 657 g/mol. The largest absolute Gasteiger partial charge is 0.504 e. The molecule has 0 spiro atoms. The fourth-order valence-electron chi connectivity index (χ4n) is 7.78. The molecule has 1 N–H and O–H groups in total. The lowest BCUT2D eigenvalue weighted by atomic mass is 9.59. The second-order valence-corrected chi connectivity index (χ2v) is 12.7. The van der Waals surface area contributed by atoms with Gasteiger partial charge in [-0.1, -0.05) is 42.0 Å². The number of ketones is 2. The van der Waals surface area contributed by atoms with Crippen LogP contribution in [-0.2, 0) is 19.2 Å². The van der Waals surface area contributed by atoms with E-state index < -0.39 is 23.7 Å². The van der Waals surface area contributed by atoms with Crippen LogP contribution in [0.5, 0.6) is 23.0 Å². The molecule has 7 rings (SSSR count).